The fraction of sp³-hybridized carbons (Fsp3) is 0.382. The maximum absolute atomic E-state index is 5.89. The number of rotatable bonds is 3. The molecule has 6 aromatic rings. The standard InChI is InChI=1S/C12H15N3.C11H13N3.C11H15N3/c1-7-10(13)5-6-11-12(7)14-8(2)15(11)9-3-4-9;1-14-10-5-4-8(12)6-9(10)13-11(14)7-2-3-7;1-7(2)11-13-9-6-8(12)4-5-10(9)14(11)3/h5-6,9H,3-4,13H2,1-2H3;4-7H,2-3,12H2,1H3;4-7H,12H2,1-3H3. The van der Waals surface area contributed by atoms with Gasteiger partial charge in [-0.15, -0.1) is 0 Å². The van der Waals surface area contributed by atoms with Gasteiger partial charge in [0.25, 0.3) is 0 Å². The van der Waals surface area contributed by atoms with Gasteiger partial charge < -0.3 is 30.9 Å². The lowest BCUT2D eigenvalue weighted by Crippen LogP contribution is -1.99. The molecule has 2 fully saturated rings. The smallest absolute Gasteiger partial charge is 0.112 e. The Bertz CT molecular complexity index is 1860. The van der Waals surface area contributed by atoms with Gasteiger partial charge in [0.15, 0.2) is 0 Å². The normalized spacial score (nSPS) is 14.7. The number of imidazole rings is 3. The molecule has 9 heteroatoms. The van der Waals surface area contributed by atoms with Crippen molar-refractivity contribution in [2.75, 3.05) is 17.2 Å². The molecule has 0 radical (unpaired) electrons. The van der Waals surface area contributed by atoms with Gasteiger partial charge in [0, 0.05) is 49.0 Å². The van der Waals surface area contributed by atoms with E-state index in [1.807, 2.05) is 56.4 Å². The number of hydrogen-bond donors (Lipinski definition) is 3. The average Bonchev–Trinajstić information content (AvgIpc) is 3.90. The minimum atomic E-state index is 0.439. The number of anilines is 3. The summed E-state index contributed by atoms with van der Waals surface area (Å²) in [4.78, 5) is 13.8. The van der Waals surface area contributed by atoms with E-state index >= 15 is 0 Å². The van der Waals surface area contributed by atoms with Crippen LogP contribution in [0, 0.1) is 13.8 Å². The Balaban J connectivity index is 0.000000115. The highest BCUT2D eigenvalue weighted by Gasteiger charge is 2.29. The Kier molecular flexibility index (Phi) is 7.28. The predicted molar refractivity (Wildman–Crippen MR) is 178 cm³/mol. The molecule has 2 saturated carbocycles. The quantitative estimate of drug-likeness (QED) is 0.196. The zero-order valence-corrected chi connectivity index (χ0v) is 26.1. The molecular weight excluding hydrogens is 534 g/mol. The molecule has 6 N–H and O–H groups in total. The van der Waals surface area contributed by atoms with Crippen molar-refractivity contribution in [2.45, 2.75) is 71.3 Å². The van der Waals surface area contributed by atoms with Crippen LogP contribution in [0.2, 0.25) is 0 Å². The predicted octanol–water partition coefficient (Wildman–Crippen LogP) is 6.88. The van der Waals surface area contributed by atoms with E-state index in [1.54, 1.807) is 0 Å². The van der Waals surface area contributed by atoms with E-state index in [2.05, 4.69) is 62.5 Å². The van der Waals surface area contributed by atoms with Crippen LogP contribution >= 0.6 is 0 Å². The van der Waals surface area contributed by atoms with Crippen LogP contribution in [0.1, 0.15) is 80.4 Å². The molecule has 224 valence electrons. The number of benzene rings is 3. The largest absolute Gasteiger partial charge is 0.399 e. The van der Waals surface area contributed by atoms with Crippen molar-refractivity contribution < 1.29 is 0 Å². The summed E-state index contributed by atoms with van der Waals surface area (Å²) in [5.41, 5.74) is 27.5. The number of aromatic nitrogens is 6. The Morgan fingerprint density at radius 2 is 1.30 bits per heavy atom. The van der Waals surface area contributed by atoms with Crippen molar-refractivity contribution in [1.82, 2.24) is 28.7 Å². The lowest BCUT2D eigenvalue weighted by molar-refractivity contribution is 0.722. The fourth-order valence-corrected chi connectivity index (χ4v) is 5.91. The summed E-state index contributed by atoms with van der Waals surface area (Å²) in [7, 11) is 4.13. The van der Waals surface area contributed by atoms with Crippen molar-refractivity contribution in [3.63, 3.8) is 0 Å². The van der Waals surface area contributed by atoms with E-state index in [4.69, 9.17) is 17.2 Å². The molecule has 43 heavy (non-hydrogen) atoms. The molecule has 0 bridgehead atoms. The van der Waals surface area contributed by atoms with Gasteiger partial charge in [-0.25, -0.2) is 15.0 Å². The van der Waals surface area contributed by atoms with E-state index in [9.17, 15) is 0 Å². The molecule has 0 unspecified atom stereocenters. The molecule has 0 atom stereocenters. The van der Waals surface area contributed by atoms with Crippen LogP contribution in [0.3, 0.4) is 0 Å². The van der Waals surface area contributed by atoms with Crippen LogP contribution in [-0.2, 0) is 14.1 Å². The van der Waals surface area contributed by atoms with Gasteiger partial charge in [0.2, 0.25) is 0 Å². The van der Waals surface area contributed by atoms with Crippen LogP contribution in [0.25, 0.3) is 33.1 Å². The molecule has 0 saturated heterocycles. The minimum absolute atomic E-state index is 0.439. The second kappa shape index (κ2) is 10.9. The second-order valence-electron chi connectivity index (χ2n) is 12.4. The van der Waals surface area contributed by atoms with E-state index in [1.165, 1.54) is 42.5 Å². The summed E-state index contributed by atoms with van der Waals surface area (Å²) in [6, 6.07) is 16.5. The molecular formula is C34H43N9. The zero-order valence-electron chi connectivity index (χ0n) is 26.1. The Morgan fingerprint density at radius 3 is 1.88 bits per heavy atom. The molecule has 8 rings (SSSR count). The topological polar surface area (TPSA) is 132 Å². The first kappa shape index (κ1) is 28.6. The van der Waals surface area contributed by atoms with Gasteiger partial charge >= 0.3 is 0 Å². The summed E-state index contributed by atoms with van der Waals surface area (Å²) in [6.45, 7) is 8.41. The third-order valence-corrected chi connectivity index (χ3v) is 8.58. The minimum Gasteiger partial charge on any atom is -0.399 e. The summed E-state index contributed by atoms with van der Waals surface area (Å²) < 4.78 is 6.66. The fourth-order valence-electron chi connectivity index (χ4n) is 5.91. The van der Waals surface area contributed by atoms with Crippen molar-refractivity contribution >= 4 is 50.2 Å². The number of nitrogen functional groups attached to an aromatic ring is 3. The van der Waals surface area contributed by atoms with Crippen molar-refractivity contribution in [3.05, 3.63) is 71.6 Å². The number of nitrogens with two attached hydrogens (primary N) is 3. The first-order valence-electron chi connectivity index (χ1n) is 15.2. The van der Waals surface area contributed by atoms with Gasteiger partial charge in [-0.2, -0.15) is 0 Å². The molecule has 2 aliphatic carbocycles. The number of fused-ring (bicyclic) bond motifs is 3. The van der Waals surface area contributed by atoms with Gasteiger partial charge in [-0.3, -0.25) is 0 Å². The van der Waals surface area contributed by atoms with Gasteiger partial charge in [0.1, 0.15) is 17.5 Å². The third-order valence-electron chi connectivity index (χ3n) is 8.58. The Hall–Kier alpha value is -4.53. The number of aryl methyl sites for hydroxylation is 4. The van der Waals surface area contributed by atoms with Gasteiger partial charge in [-0.1, -0.05) is 13.8 Å². The van der Waals surface area contributed by atoms with E-state index in [-0.39, 0.29) is 0 Å². The van der Waals surface area contributed by atoms with Crippen LogP contribution in [0.4, 0.5) is 17.1 Å². The molecule has 3 aromatic heterocycles. The number of nitrogens with zero attached hydrogens (tertiary/aromatic N) is 6. The van der Waals surface area contributed by atoms with E-state index in [0.29, 0.717) is 17.9 Å². The molecule has 3 heterocycles. The first-order valence-corrected chi connectivity index (χ1v) is 15.2. The Morgan fingerprint density at radius 1 is 0.721 bits per heavy atom. The van der Waals surface area contributed by atoms with Gasteiger partial charge in [-0.05, 0) is 93.6 Å². The molecule has 3 aromatic carbocycles. The monoisotopic (exact) mass is 577 g/mol. The molecule has 9 nitrogen and oxygen atoms in total. The van der Waals surface area contributed by atoms with E-state index in [0.717, 1.165) is 56.3 Å². The SMILES string of the molecule is CC(C)c1nc2cc(N)ccc2n1C.Cc1c(N)ccc2c1nc(C)n2C1CC1.Cn1c(C2CC2)nc2cc(N)ccc21. The summed E-state index contributed by atoms with van der Waals surface area (Å²) in [5.74, 6) is 4.56. The van der Waals surface area contributed by atoms with Crippen LogP contribution in [0.15, 0.2) is 48.5 Å². The molecule has 0 spiro atoms. The van der Waals surface area contributed by atoms with E-state index < -0.39 is 0 Å². The third kappa shape index (κ3) is 5.51. The lowest BCUT2D eigenvalue weighted by atomic mass is 10.1. The highest BCUT2D eigenvalue weighted by Crippen LogP contribution is 2.41. The second-order valence-corrected chi connectivity index (χ2v) is 12.4. The van der Waals surface area contributed by atoms with Crippen molar-refractivity contribution in [1.29, 1.82) is 0 Å². The molecule has 0 amide bonds. The van der Waals surface area contributed by atoms with Crippen LogP contribution in [-0.4, -0.2) is 28.7 Å². The first-order chi connectivity index (χ1) is 20.5. The summed E-state index contributed by atoms with van der Waals surface area (Å²) >= 11 is 0. The maximum Gasteiger partial charge on any atom is 0.112 e. The Labute approximate surface area is 252 Å². The van der Waals surface area contributed by atoms with Gasteiger partial charge in [0.05, 0.1) is 33.1 Å². The van der Waals surface area contributed by atoms with Crippen LogP contribution in [0.5, 0.6) is 0 Å². The summed E-state index contributed by atoms with van der Waals surface area (Å²) in [5, 5.41) is 0. The van der Waals surface area contributed by atoms with Crippen molar-refractivity contribution in [2.24, 2.45) is 14.1 Å². The lowest BCUT2D eigenvalue weighted by Gasteiger charge is -2.05. The highest BCUT2D eigenvalue weighted by atomic mass is 15.1. The van der Waals surface area contributed by atoms with Crippen molar-refractivity contribution in [3.8, 4) is 0 Å². The highest BCUT2D eigenvalue weighted by molar-refractivity contribution is 5.84. The molecule has 0 aliphatic heterocycles. The average molecular weight is 578 g/mol. The maximum atomic E-state index is 5.89. The summed E-state index contributed by atoms with van der Waals surface area (Å²) in [6.07, 6.45) is 5.14. The van der Waals surface area contributed by atoms with Crippen LogP contribution < -0.4 is 17.2 Å². The number of hydrogen-bond acceptors (Lipinski definition) is 6. The zero-order chi connectivity index (χ0) is 30.6. The molecule has 2 aliphatic rings.